The van der Waals surface area contributed by atoms with Crippen molar-refractivity contribution in [1.82, 2.24) is 14.7 Å². The van der Waals surface area contributed by atoms with Crippen LogP contribution in [0.3, 0.4) is 0 Å². The van der Waals surface area contributed by atoms with Crippen LogP contribution in [0.4, 0.5) is 5.69 Å². The van der Waals surface area contributed by atoms with Crippen molar-refractivity contribution in [2.45, 2.75) is 40.3 Å². The van der Waals surface area contributed by atoms with Gasteiger partial charge < -0.3 is 5.32 Å². The first-order valence-electron chi connectivity index (χ1n) is 10.1. The van der Waals surface area contributed by atoms with Crippen molar-refractivity contribution >= 4 is 21.4 Å². The average molecular weight is 419 g/mol. The van der Waals surface area contributed by atoms with Gasteiger partial charge in [-0.3, -0.25) is 14.4 Å². The molecular formula is C21H30N4O3S. The van der Waals surface area contributed by atoms with Crippen LogP contribution >= 0.6 is 0 Å². The summed E-state index contributed by atoms with van der Waals surface area (Å²) < 4.78 is 25.1. The fourth-order valence-corrected chi connectivity index (χ4v) is 4.84. The molecule has 3 rings (SSSR count). The number of amides is 1. The molecule has 1 aromatic heterocycles. The van der Waals surface area contributed by atoms with Crippen LogP contribution in [0.1, 0.15) is 42.4 Å². The van der Waals surface area contributed by atoms with Gasteiger partial charge in [-0.25, -0.2) is 8.42 Å². The lowest BCUT2D eigenvalue weighted by atomic mass is 10.1. The number of hydrogen-bond acceptors (Lipinski definition) is 5. The maximum atomic E-state index is 12.8. The van der Waals surface area contributed by atoms with E-state index >= 15 is 0 Å². The Morgan fingerprint density at radius 1 is 1.24 bits per heavy atom. The molecule has 1 fully saturated rings. The standard InChI is InChI=1S/C21H30N4O3S/c1-4-20-19(13-22-25(20)14-16(2)3)23-21(26)18-7-5-6-17(12-18)15-24-8-10-29(27,28)11-9-24/h5-7,12-13,16H,4,8-11,14-15H2,1-3H3,(H,23,26). The van der Waals surface area contributed by atoms with Crippen LogP contribution in [0.25, 0.3) is 0 Å². The number of benzene rings is 1. The zero-order valence-corrected chi connectivity index (χ0v) is 18.2. The Labute approximate surface area is 173 Å². The molecule has 1 saturated heterocycles. The van der Waals surface area contributed by atoms with Gasteiger partial charge >= 0.3 is 0 Å². The Kier molecular flexibility index (Phi) is 6.74. The normalized spacial score (nSPS) is 16.8. The molecule has 2 heterocycles. The predicted molar refractivity (Wildman–Crippen MR) is 115 cm³/mol. The lowest BCUT2D eigenvalue weighted by Gasteiger charge is -2.26. The molecular weight excluding hydrogens is 388 g/mol. The number of anilines is 1. The quantitative estimate of drug-likeness (QED) is 0.747. The first kappa shape index (κ1) is 21.5. The van der Waals surface area contributed by atoms with Gasteiger partial charge in [-0.1, -0.05) is 32.9 Å². The van der Waals surface area contributed by atoms with Gasteiger partial charge in [-0.15, -0.1) is 0 Å². The van der Waals surface area contributed by atoms with Crippen LogP contribution < -0.4 is 5.32 Å². The van der Waals surface area contributed by atoms with E-state index in [2.05, 4.69) is 36.1 Å². The maximum Gasteiger partial charge on any atom is 0.255 e. The molecule has 158 valence electrons. The molecule has 29 heavy (non-hydrogen) atoms. The zero-order valence-electron chi connectivity index (χ0n) is 17.4. The number of hydrogen-bond donors (Lipinski definition) is 1. The van der Waals surface area contributed by atoms with Gasteiger partial charge in [0.15, 0.2) is 9.84 Å². The fraction of sp³-hybridized carbons (Fsp3) is 0.524. The molecule has 0 saturated carbocycles. The Morgan fingerprint density at radius 3 is 2.62 bits per heavy atom. The molecule has 1 aliphatic rings. The molecule has 0 atom stereocenters. The summed E-state index contributed by atoms with van der Waals surface area (Å²) in [5.41, 5.74) is 3.37. The molecule has 2 aromatic rings. The third-order valence-electron chi connectivity index (χ3n) is 5.10. The van der Waals surface area contributed by atoms with Crippen LogP contribution in [-0.4, -0.2) is 53.6 Å². The summed E-state index contributed by atoms with van der Waals surface area (Å²) in [5.74, 6) is 0.720. The second-order valence-corrected chi connectivity index (χ2v) is 10.3. The highest BCUT2D eigenvalue weighted by atomic mass is 32.2. The first-order valence-corrected chi connectivity index (χ1v) is 12.0. The van der Waals surface area contributed by atoms with E-state index in [1.54, 1.807) is 12.3 Å². The van der Waals surface area contributed by atoms with Gasteiger partial charge in [0.2, 0.25) is 0 Å². The number of nitrogens with zero attached hydrogens (tertiary/aromatic N) is 3. The summed E-state index contributed by atoms with van der Waals surface area (Å²) in [7, 11) is -2.89. The van der Waals surface area contributed by atoms with E-state index in [0.717, 1.165) is 29.9 Å². The highest BCUT2D eigenvalue weighted by molar-refractivity contribution is 7.91. The summed E-state index contributed by atoms with van der Waals surface area (Å²) >= 11 is 0. The highest BCUT2D eigenvalue weighted by Crippen LogP contribution is 2.19. The van der Waals surface area contributed by atoms with Crippen molar-refractivity contribution in [1.29, 1.82) is 0 Å². The molecule has 1 amide bonds. The monoisotopic (exact) mass is 418 g/mol. The van der Waals surface area contributed by atoms with E-state index in [4.69, 9.17) is 0 Å². The second-order valence-electron chi connectivity index (χ2n) is 8.02. The SMILES string of the molecule is CCc1c(NC(=O)c2cccc(CN3CCS(=O)(=O)CC3)c2)cnn1CC(C)C. The summed E-state index contributed by atoms with van der Waals surface area (Å²) in [5, 5.41) is 7.42. The molecule has 0 bridgehead atoms. The van der Waals surface area contributed by atoms with E-state index in [-0.39, 0.29) is 17.4 Å². The van der Waals surface area contributed by atoms with Crippen molar-refractivity contribution in [2.75, 3.05) is 29.9 Å². The minimum absolute atomic E-state index is 0.160. The Balaban J connectivity index is 1.68. The van der Waals surface area contributed by atoms with Crippen LogP contribution in [-0.2, 0) is 29.3 Å². The topological polar surface area (TPSA) is 84.3 Å². The third kappa shape index (κ3) is 5.67. The first-order chi connectivity index (χ1) is 13.8. The smallest absolute Gasteiger partial charge is 0.255 e. The minimum Gasteiger partial charge on any atom is -0.319 e. The van der Waals surface area contributed by atoms with Crippen LogP contribution in [0, 0.1) is 5.92 Å². The van der Waals surface area contributed by atoms with Crippen molar-refractivity contribution in [3.05, 3.63) is 47.3 Å². The summed E-state index contributed by atoms with van der Waals surface area (Å²) in [4.78, 5) is 14.9. The Bertz CT molecular complexity index is 952. The number of carbonyl (C=O) groups excluding carboxylic acids is 1. The molecule has 0 radical (unpaired) electrons. The molecule has 1 aliphatic heterocycles. The number of aromatic nitrogens is 2. The van der Waals surface area contributed by atoms with Gasteiger partial charge in [0.25, 0.3) is 5.91 Å². The summed E-state index contributed by atoms with van der Waals surface area (Å²) in [6.45, 7) is 8.87. The molecule has 8 heteroatoms. The van der Waals surface area contributed by atoms with E-state index in [9.17, 15) is 13.2 Å². The number of sulfone groups is 1. The molecule has 1 aromatic carbocycles. The molecule has 1 N–H and O–H groups in total. The van der Waals surface area contributed by atoms with Crippen molar-refractivity contribution in [2.24, 2.45) is 5.92 Å². The summed E-state index contributed by atoms with van der Waals surface area (Å²) in [6, 6.07) is 7.51. The van der Waals surface area contributed by atoms with Gasteiger partial charge in [-0.05, 0) is 30.0 Å². The van der Waals surface area contributed by atoms with Crippen molar-refractivity contribution in [3.8, 4) is 0 Å². The molecule has 0 aliphatic carbocycles. The number of rotatable bonds is 7. The maximum absolute atomic E-state index is 12.8. The highest BCUT2D eigenvalue weighted by Gasteiger charge is 2.21. The second kappa shape index (κ2) is 9.09. The summed E-state index contributed by atoms with van der Waals surface area (Å²) in [6.07, 6.45) is 2.51. The van der Waals surface area contributed by atoms with Gasteiger partial charge in [-0.2, -0.15) is 5.10 Å². The average Bonchev–Trinajstić information content (AvgIpc) is 3.04. The minimum atomic E-state index is -2.89. The van der Waals surface area contributed by atoms with Crippen LogP contribution in [0.2, 0.25) is 0 Å². The van der Waals surface area contributed by atoms with E-state index in [0.29, 0.717) is 31.1 Å². The van der Waals surface area contributed by atoms with E-state index < -0.39 is 9.84 Å². The molecule has 0 spiro atoms. The van der Waals surface area contributed by atoms with Crippen LogP contribution in [0.15, 0.2) is 30.5 Å². The van der Waals surface area contributed by atoms with Crippen molar-refractivity contribution in [3.63, 3.8) is 0 Å². The lowest BCUT2D eigenvalue weighted by molar-refractivity contribution is 0.102. The predicted octanol–water partition coefficient (Wildman–Crippen LogP) is 2.58. The largest absolute Gasteiger partial charge is 0.319 e. The molecule has 0 unspecified atom stereocenters. The van der Waals surface area contributed by atoms with E-state index in [1.807, 2.05) is 22.9 Å². The van der Waals surface area contributed by atoms with Gasteiger partial charge in [0.05, 0.1) is 29.1 Å². The van der Waals surface area contributed by atoms with Gasteiger partial charge in [0.1, 0.15) is 0 Å². The zero-order chi connectivity index (χ0) is 21.0. The van der Waals surface area contributed by atoms with Gasteiger partial charge in [0, 0.05) is 31.7 Å². The fourth-order valence-electron chi connectivity index (χ4n) is 3.56. The third-order valence-corrected chi connectivity index (χ3v) is 6.71. The van der Waals surface area contributed by atoms with E-state index in [1.165, 1.54) is 0 Å². The Morgan fingerprint density at radius 2 is 1.97 bits per heavy atom. The molecule has 7 nitrogen and oxygen atoms in total. The number of carbonyl (C=O) groups is 1. The van der Waals surface area contributed by atoms with Crippen molar-refractivity contribution < 1.29 is 13.2 Å². The van der Waals surface area contributed by atoms with Crippen LogP contribution in [0.5, 0.6) is 0 Å². The number of nitrogens with one attached hydrogen (secondary N) is 1. The Hall–Kier alpha value is -2.19. The lowest BCUT2D eigenvalue weighted by Crippen LogP contribution is -2.39.